The van der Waals surface area contributed by atoms with E-state index in [2.05, 4.69) is 11.1 Å². The molecule has 2 aromatic rings. The van der Waals surface area contributed by atoms with Crippen molar-refractivity contribution in [2.45, 2.75) is 6.42 Å². The zero-order valence-electron chi connectivity index (χ0n) is 9.42. The van der Waals surface area contributed by atoms with Gasteiger partial charge in [0.2, 0.25) is 0 Å². The molecule has 0 saturated carbocycles. The predicted octanol–water partition coefficient (Wildman–Crippen LogP) is 5.43. The summed E-state index contributed by atoms with van der Waals surface area (Å²) in [5, 5.41) is 10.2. The van der Waals surface area contributed by atoms with Crippen molar-refractivity contribution in [3.05, 3.63) is 50.2 Å². The van der Waals surface area contributed by atoms with E-state index in [1.165, 1.54) is 6.20 Å². The topological polar surface area (TPSA) is 36.7 Å². The Morgan fingerprint density at radius 1 is 1.05 bits per heavy atom. The third-order valence-electron chi connectivity index (χ3n) is 2.51. The minimum atomic E-state index is 0.156. The largest absolute Gasteiger partial charge is 0.258 e. The molecule has 0 amide bonds. The van der Waals surface area contributed by atoms with Crippen LogP contribution in [0.2, 0.25) is 20.1 Å². The predicted molar refractivity (Wildman–Crippen MR) is 79.0 cm³/mol. The van der Waals surface area contributed by atoms with Gasteiger partial charge in [0, 0.05) is 17.3 Å². The molecule has 1 heterocycles. The summed E-state index contributed by atoms with van der Waals surface area (Å²) in [5.74, 6) is 0. The van der Waals surface area contributed by atoms with Crippen LogP contribution in [-0.4, -0.2) is 4.98 Å². The van der Waals surface area contributed by atoms with Gasteiger partial charge in [-0.15, -0.1) is 0 Å². The third-order valence-corrected chi connectivity index (χ3v) is 4.01. The SMILES string of the molecule is N#CCc1ncc(Cl)cc1-c1ccc(Cl)c(Cl)c1Cl. The van der Waals surface area contributed by atoms with Crippen LogP contribution in [0.1, 0.15) is 5.69 Å². The van der Waals surface area contributed by atoms with Gasteiger partial charge in [-0.2, -0.15) is 5.26 Å². The van der Waals surface area contributed by atoms with Crippen LogP contribution in [-0.2, 0) is 6.42 Å². The van der Waals surface area contributed by atoms with Crippen LogP contribution in [0, 0.1) is 11.3 Å². The Kier molecular flexibility index (Phi) is 4.54. The lowest BCUT2D eigenvalue weighted by molar-refractivity contribution is 1.12. The normalized spacial score (nSPS) is 10.3. The molecule has 19 heavy (non-hydrogen) atoms. The first kappa shape index (κ1) is 14.4. The van der Waals surface area contributed by atoms with Crippen LogP contribution in [0.25, 0.3) is 11.1 Å². The molecule has 0 atom stereocenters. The van der Waals surface area contributed by atoms with Crippen molar-refractivity contribution in [1.82, 2.24) is 4.98 Å². The minimum absolute atomic E-state index is 0.156. The summed E-state index contributed by atoms with van der Waals surface area (Å²) < 4.78 is 0. The van der Waals surface area contributed by atoms with Crippen molar-refractivity contribution in [1.29, 1.82) is 5.26 Å². The highest BCUT2D eigenvalue weighted by Gasteiger charge is 2.14. The summed E-state index contributed by atoms with van der Waals surface area (Å²) in [6.45, 7) is 0. The van der Waals surface area contributed by atoms with Crippen LogP contribution in [0.5, 0.6) is 0 Å². The fraction of sp³-hybridized carbons (Fsp3) is 0.0769. The van der Waals surface area contributed by atoms with E-state index in [1.54, 1.807) is 18.2 Å². The van der Waals surface area contributed by atoms with Gasteiger partial charge in [0.25, 0.3) is 0 Å². The van der Waals surface area contributed by atoms with E-state index in [4.69, 9.17) is 51.7 Å². The molecule has 96 valence electrons. The molecule has 0 saturated heterocycles. The van der Waals surface area contributed by atoms with Crippen molar-refractivity contribution in [2.75, 3.05) is 0 Å². The molecule has 0 radical (unpaired) electrons. The van der Waals surface area contributed by atoms with E-state index in [0.717, 1.165) is 0 Å². The van der Waals surface area contributed by atoms with Gasteiger partial charge in [0.15, 0.2) is 0 Å². The van der Waals surface area contributed by atoms with Gasteiger partial charge in [-0.05, 0) is 12.1 Å². The van der Waals surface area contributed by atoms with Gasteiger partial charge in [-0.1, -0.05) is 52.5 Å². The molecule has 0 N–H and O–H groups in total. The molecule has 0 aliphatic rings. The lowest BCUT2D eigenvalue weighted by Crippen LogP contribution is -1.94. The fourth-order valence-electron chi connectivity index (χ4n) is 1.65. The van der Waals surface area contributed by atoms with Crippen molar-refractivity contribution in [2.24, 2.45) is 0 Å². The van der Waals surface area contributed by atoms with Crippen molar-refractivity contribution in [3.8, 4) is 17.2 Å². The first-order valence-electron chi connectivity index (χ1n) is 5.20. The van der Waals surface area contributed by atoms with Gasteiger partial charge in [0.1, 0.15) is 0 Å². The van der Waals surface area contributed by atoms with Crippen LogP contribution in [0.15, 0.2) is 24.4 Å². The number of nitriles is 1. The first-order chi connectivity index (χ1) is 9.04. The molecule has 0 aliphatic carbocycles. The molecule has 2 rings (SSSR count). The summed E-state index contributed by atoms with van der Waals surface area (Å²) in [6.07, 6.45) is 1.65. The minimum Gasteiger partial charge on any atom is -0.258 e. The van der Waals surface area contributed by atoms with Crippen LogP contribution in [0.4, 0.5) is 0 Å². The standard InChI is InChI=1S/C13H6Cl4N2/c14-7-5-9(11(3-4-18)19-6-7)8-1-2-10(15)13(17)12(8)16/h1-2,5-6H,3H2. The number of nitrogens with zero attached hydrogens (tertiary/aromatic N) is 2. The van der Waals surface area contributed by atoms with Gasteiger partial charge in [-0.3, -0.25) is 4.98 Å². The number of hydrogen-bond acceptors (Lipinski definition) is 2. The Morgan fingerprint density at radius 2 is 1.79 bits per heavy atom. The molecule has 0 bridgehead atoms. The highest BCUT2D eigenvalue weighted by molar-refractivity contribution is 6.49. The maximum absolute atomic E-state index is 8.83. The lowest BCUT2D eigenvalue weighted by Gasteiger charge is -2.10. The summed E-state index contributed by atoms with van der Waals surface area (Å²) in [6, 6.07) is 7.12. The summed E-state index contributed by atoms with van der Waals surface area (Å²) >= 11 is 24.0. The van der Waals surface area contributed by atoms with Crippen molar-refractivity contribution in [3.63, 3.8) is 0 Å². The number of benzene rings is 1. The second-order valence-electron chi connectivity index (χ2n) is 3.71. The smallest absolute Gasteiger partial charge is 0.0784 e. The molecule has 0 spiro atoms. The molecule has 6 heteroatoms. The van der Waals surface area contributed by atoms with E-state index >= 15 is 0 Å². The molecule has 0 unspecified atom stereocenters. The first-order valence-corrected chi connectivity index (χ1v) is 6.71. The van der Waals surface area contributed by atoms with E-state index in [0.29, 0.717) is 31.9 Å². The summed E-state index contributed by atoms with van der Waals surface area (Å²) in [4.78, 5) is 4.15. The molecule has 1 aromatic carbocycles. The number of pyridine rings is 1. The van der Waals surface area contributed by atoms with Crippen molar-refractivity contribution >= 4 is 46.4 Å². The molecule has 2 nitrogen and oxygen atoms in total. The van der Waals surface area contributed by atoms with E-state index < -0.39 is 0 Å². The Bertz CT molecular complexity index is 677. The lowest BCUT2D eigenvalue weighted by atomic mass is 10.0. The average Bonchev–Trinajstić information content (AvgIpc) is 2.39. The average molecular weight is 332 g/mol. The van der Waals surface area contributed by atoms with Gasteiger partial charge < -0.3 is 0 Å². The molecule has 1 aromatic heterocycles. The Hall–Kier alpha value is -0.980. The van der Waals surface area contributed by atoms with E-state index in [9.17, 15) is 0 Å². The number of rotatable bonds is 2. The maximum atomic E-state index is 8.83. The number of halogens is 4. The van der Waals surface area contributed by atoms with Gasteiger partial charge >= 0.3 is 0 Å². The van der Waals surface area contributed by atoms with Crippen LogP contribution in [0.3, 0.4) is 0 Å². The van der Waals surface area contributed by atoms with Crippen LogP contribution < -0.4 is 0 Å². The zero-order valence-corrected chi connectivity index (χ0v) is 12.4. The Morgan fingerprint density at radius 3 is 2.47 bits per heavy atom. The zero-order chi connectivity index (χ0) is 14.0. The Labute approximate surface area is 130 Å². The fourth-order valence-corrected chi connectivity index (χ4v) is 2.45. The van der Waals surface area contributed by atoms with E-state index in [1.807, 2.05) is 0 Å². The highest BCUT2D eigenvalue weighted by atomic mass is 35.5. The Balaban J connectivity index is 2.68. The molecule has 0 aliphatic heterocycles. The van der Waals surface area contributed by atoms with Gasteiger partial charge in [-0.25, -0.2) is 0 Å². The second kappa shape index (κ2) is 5.98. The van der Waals surface area contributed by atoms with E-state index in [-0.39, 0.29) is 11.4 Å². The maximum Gasteiger partial charge on any atom is 0.0784 e. The second-order valence-corrected chi connectivity index (χ2v) is 5.31. The number of hydrogen-bond donors (Lipinski definition) is 0. The van der Waals surface area contributed by atoms with Crippen molar-refractivity contribution < 1.29 is 0 Å². The third kappa shape index (κ3) is 2.96. The number of aromatic nitrogens is 1. The summed E-state index contributed by atoms with van der Waals surface area (Å²) in [7, 11) is 0. The van der Waals surface area contributed by atoms with Gasteiger partial charge in [0.05, 0.1) is 38.3 Å². The molecular formula is C13H6Cl4N2. The molecular weight excluding hydrogens is 326 g/mol. The highest BCUT2D eigenvalue weighted by Crippen LogP contribution is 2.39. The quantitative estimate of drug-likeness (QED) is 0.688. The monoisotopic (exact) mass is 330 g/mol. The molecule has 0 fully saturated rings. The van der Waals surface area contributed by atoms with Crippen LogP contribution >= 0.6 is 46.4 Å². The summed E-state index contributed by atoms with van der Waals surface area (Å²) in [5.41, 5.74) is 1.92.